The Morgan fingerprint density at radius 2 is 1.68 bits per heavy atom. The van der Waals surface area contributed by atoms with Crippen LogP contribution in [0.2, 0.25) is 0 Å². The van der Waals surface area contributed by atoms with Gasteiger partial charge in [0.2, 0.25) is 5.88 Å². The maximum Gasteiger partial charge on any atom is 0.299 e. The van der Waals surface area contributed by atoms with Crippen LogP contribution in [0.15, 0.2) is 83.0 Å². The number of carbonyl (C=O) groups excluding carboxylic acids is 1. The van der Waals surface area contributed by atoms with E-state index in [1.165, 1.54) is 12.1 Å². The first-order chi connectivity index (χ1) is 16.6. The second kappa shape index (κ2) is 10.7. The molecule has 0 aliphatic heterocycles. The molecule has 4 rings (SSSR count). The Labute approximate surface area is 198 Å². The van der Waals surface area contributed by atoms with Gasteiger partial charge in [0.25, 0.3) is 5.91 Å². The number of aromatic hydroxyl groups is 2. The van der Waals surface area contributed by atoms with Gasteiger partial charge in [0, 0.05) is 5.39 Å². The summed E-state index contributed by atoms with van der Waals surface area (Å²) < 4.78 is 7.50. The number of ether oxygens (including phenoxy) is 1. The molecule has 7 heteroatoms. The van der Waals surface area contributed by atoms with E-state index in [9.17, 15) is 15.0 Å². The monoisotopic (exact) mass is 457 g/mol. The molecule has 0 unspecified atom stereocenters. The predicted octanol–water partition coefficient (Wildman–Crippen LogP) is 6.59. The Bertz CT molecular complexity index is 1310. The third-order valence-electron chi connectivity index (χ3n) is 5.57. The van der Waals surface area contributed by atoms with Crippen molar-refractivity contribution in [3.63, 3.8) is 0 Å². The lowest BCUT2D eigenvalue weighted by Gasteiger charge is -2.09. The van der Waals surface area contributed by atoms with Gasteiger partial charge in [-0.25, -0.2) is 0 Å². The number of hydrogen-bond acceptors (Lipinski definition) is 5. The zero-order valence-electron chi connectivity index (χ0n) is 19.0. The molecule has 0 fully saturated rings. The number of phenols is 1. The quantitative estimate of drug-likeness (QED) is 0.219. The van der Waals surface area contributed by atoms with Crippen LogP contribution in [0.5, 0.6) is 17.4 Å². The van der Waals surface area contributed by atoms with Crippen molar-refractivity contribution in [1.29, 1.82) is 0 Å². The Balaban J connectivity index is 1.57. The van der Waals surface area contributed by atoms with Crippen LogP contribution in [0.3, 0.4) is 0 Å². The van der Waals surface area contributed by atoms with Crippen molar-refractivity contribution >= 4 is 22.5 Å². The number of para-hydroxylation sites is 2. The van der Waals surface area contributed by atoms with Gasteiger partial charge in [-0.3, -0.25) is 4.79 Å². The second-order valence-electron chi connectivity index (χ2n) is 8.00. The molecule has 1 amide bonds. The molecule has 2 N–H and O–H groups in total. The van der Waals surface area contributed by atoms with Gasteiger partial charge in [0.1, 0.15) is 11.5 Å². The topological polar surface area (TPSA) is 96.4 Å². The lowest BCUT2D eigenvalue weighted by Crippen LogP contribution is -2.00. The van der Waals surface area contributed by atoms with Crippen LogP contribution >= 0.6 is 0 Å². The fraction of sp³-hybridized carbons (Fsp3) is 0.222. The maximum absolute atomic E-state index is 12.4. The molecule has 0 radical (unpaired) electrons. The summed E-state index contributed by atoms with van der Waals surface area (Å²) in [5.74, 6) is -0.131. The van der Waals surface area contributed by atoms with Gasteiger partial charge in [0.15, 0.2) is 5.69 Å². The van der Waals surface area contributed by atoms with E-state index in [-0.39, 0.29) is 22.9 Å². The molecule has 0 aliphatic rings. The summed E-state index contributed by atoms with van der Waals surface area (Å²) in [6.07, 6.45) is 3.34. The van der Waals surface area contributed by atoms with Crippen molar-refractivity contribution in [3.8, 4) is 17.4 Å². The summed E-state index contributed by atoms with van der Waals surface area (Å²) >= 11 is 0. The average Bonchev–Trinajstić information content (AvgIpc) is 3.12. The lowest BCUT2D eigenvalue weighted by atomic mass is 10.2. The highest BCUT2D eigenvalue weighted by atomic mass is 16.5. The molecular formula is C27H27N3O4. The molecule has 7 nitrogen and oxygen atoms in total. The number of nitrogens with zero attached hydrogens (tertiary/aromatic N) is 3. The van der Waals surface area contributed by atoms with Crippen molar-refractivity contribution < 1.29 is 19.7 Å². The molecule has 0 saturated carbocycles. The van der Waals surface area contributed by atoms with E-state index < -0.39 is 5.91 Å². The maximum atomic E-state index is 12.4. The standard InChI is InChI=1S/C27H27N3O4/c1-2-3-8-17-34-20-15-13-19(14-16-20)18-30-23-11-6-4-9-21(23)25(27(30)33)28-29-26(32)22-10-5-7-12-24(22)31/h4-7,9-16,31,33H,2-3,8,17-18H2,1H3. The fourth-order valence-electron chi connectivity index (χ4n) is 3.75. The first-order valence-electron chi connectivity index (χ1n) is 11.3. The summed E-state index contributed by atoms with van der Waals surface area (Å²) in [7, 11) is 0. The minimum atomic E-state index is -0.691. The summed E-state index contributed by atoms with van der Waals surface area (Å²) in [5.41, 5.74) is 2.00. The lowest BCUT2D eigenvalue weighted by molar-refractivity contribution is 0.0992. The van der Waals surface area contributed by atoms with Crippen LogP contribution in [0.4, 0.5) is 5.69 Å². The number of rotatable bonds is 9. The Kier molecular flexibility index (Phi) is 7.22. The van der Waals surface area contributed by atoms with Gasteiger partial charge in [-0.05, 0) is 42.3 Å². The summed E-state index contributed by atoms with van der Waals surface area (Å²) in [4.78, 5) is 12.4. The molecule has 174 valence electrons. The van der Waals surface area contributed by atoms with Crippen molar-refractivity contribution in [2.24, 2.45) is 10.2 Å². The van der Waals surface area contributed by atoms with E-state index in [1.54, 1.807) is 16.7 Å². The van der Waals surface area contributed by atoms with E-state index in [0.29, 0.717) is 18.5 Å². The van der Waals surface area contributed by atoms with E-state index in [4.69, 9.17) is 4.74 Å². The molecular weight excluding hydrogens is 430 g/mol. The van der Waals surface area contributed by atoms with Gasteiger partial charge in [-0.1, -0.05) is 62.2 Å². The summed E-state index contributed by atoms with van der Waals surface area (Å²) in [6, 6.07) is 21.3. The number of unbranched alkanes of at least 4 members (excludes halogenated alkanes) is 2. The predicted molar refractivity (Wildman–Crippen MR) is 131 cm³/mol. The van der Waals surface area contributed by atoms with Gasteiger partial charge in [-0.2, -0.15) is 0 Å². The van der Waals surface area contributed by atoms with Gasteiger partial charge in [0.05, 0.1) is 24.2 Å². The third-order valence-corrected chi connectivity index (χ3v) is 5.57. The highest BCUT2D eigenvalue weighted by Gasteiger charge is 2.18. The number of aromatic nitrogens is 1. The molecule has 0 saturated heterocycles. The number of phenolic OH excluding ortho intramolecular Hbond substituents is 1. The first-order valence-corrected chi connectivity index (χ1v) is 11.3. The molecule has 0 atom stereocenters. The number of azo groups is 1. The minimum Gasteiger partial charge on any atom is -0.507 e. The molecule has 0 aliphatic carbocycles. The van der Waals surface area contributed by atoms with Crippen LogP contribution in [-0.2, 0) is 6.54 Å². The highest BCUT2D eigenvalue weighted by molar-refractivity contribution is 5.98. The molecule has 3 aromatic carbocycles. The second-order valence-corrected chi connectivity index (χ2v) is 8.00. The molecule has 0 spiro atoms. The largest absolute Gasteiger partial charge is 0.507 e. The molecule has 4 aromatic rings. The number of amides is 1. The number of fused-ring (bicyclic) bond motifs is 1. The number of hydrogen-bond donors (Lipinski definition) is 2. The molecule has 34 heavy (non-hydrogen) atoms. The van der Waals surface area contributed by atoms with E-state index in [0.717, 1.165) is 36.1 Å². The van der Waals surface area contributed by atoms with Crippen LogP contribution in [0.1, 0.15) is 42.1 Å². The summed E-state index contributed by atoms with van der Waals surface area (Å²) in [5, 5.41) is 29.3. The highest BCUT2D eigenvalue weighted by Crippen LogP contribution is 2.39. The van der Waals surface area contributed by atoms with Gasteiger partial charge in [-0.15, -0.1) is 10.2 Å². The zero-order valence-corrected chi connectivity index (χ0v) is 19.0. The van der Waals surface area contributed by atoms with E-state index in [1.807, 2.05) is 48.5 Å². The first kappa shape index (κ1) is 23.0. The van der Waals surface area contributed by atoms with Crippen LogP contribution in [0, 0.1) is 0 Å². The molecule has 0 bridgehead atoms. The normalized spacial score (nSPS) is 11.3. The van der Waals surface area contributed by atoms with Crippen molar-refractivity contribution in [3.05, 3.63) is 83.9 Å². The molecule has 1 heterocycles. The van der Waals surface area contributed by atoms with Crippen molar-refractivity contribution in [2.75, 3.05) is 6.61 Å². The van der Waals surface area contributed by atoms with Crippen molar-refractivity contribution in [2.45, 2.75) is 32.7 Å². The Morgan fingerprint density at radius 3 is 2.44 bits per heavy atom. The van der Waals surface area contributed by atoms with Crippen molar-refractivity contribution in [1.82, 2.24) is 4.57 Å². The van der Waals surface area contributed by atoms with Gasteiger partial charge >= 0.3 is 0 Å². The van der Waals surface area contributed by atoms with Gasteiger partial charge < -0.3 is 19.5 Å². The minimum absolute atomic E-state index is 0.0477. The zero-order chi connectivity index (χ0) is 23.9. The Hall–Kier alpha value is -4.13. The number of carbonyl (C=O) groups is 1. The SMILES string of the molecule is CCCCCOc1ccc(Cn2c(O)c(N=NC(=O)c3ccccc3O)c3ccccc32)cc1. The summed E-state index contributed by atoms with van der Waals surface area (Å²) in [6.45, 7) is 3.27. The Morgan fingerprint density at radius 1 is 0.941 bits per heavy atom. The number of benzene rings is 3. The molecule has 1 aromatic heterocycles. The average molecular weight is 458 g/mol. The van der Waals surface area contributed by atoms with E-state index >= 15 is 0 Å². The fourth-order valence-corrected chi connectivity index (χ4v) is 3.75. The smallest absolute Gasteiger partial charge is 0.299 e. The third kappa shape index (κ3) is 5.09. The van der Waals surface area contributed by atoms with Crippen LogP contribution < -0.4 is 4.74 Å². The van der Waals surface area contributed by atoms with Crippen LogP contribution in [-0.4, -0.2) is 27.3 Å². The van der Waals surface area contributed by atoms with E-state index in [2.05, 4.69) is 17.2 Å². The van der Waals surface area contributed by atoms with Crippen LogP contribution in [0.25, 0.3) is 10.9 Å².